The lowest BCUT2D eigenvalue weighted by Gasteiger charge is -2.36. The second kappa shape index (κ2) is 4.73. The van der Waals surface area contributed by atoms with Gasteiger partial charge in [-0.1, -0.05) is 6.07 Å². The van der Waals surface area contributed by atoms with Crippen LogP contribution >= 0.6 is 0 Å². The van der Waals surface area contributed by atoms with Crippen molar-refractivity contribution in [3.63, 3.8) is 0 Å². The molecule has 2 rings (SSSR count). The Kier molecular flexibility index (Phi) is 3.34. The lowest BCUT2D eigenvalue weighted by Crippen LogP contribution is -2.45. The molecule has 2 atom stereocenters. The van der Waals surface area contributed by atoms with Gasteiger partial charge in [-0.05, 0) is 39.2 Å². The maximum absolute atomic E-state index is 4.47. The molecule has 82 valence electrons. The molecule has 0 spiro atoms. The highest BCUT2D eigenvalue weighted by Crippen LogP contribution is 2.24. The topological polar surface area (TPSA) is 28.2 Å². The molecule has 0 aromatic carbocycles. The first-order valence-electron chi connectivity index (χ1n) is 5.57. The van der Waals surface area contributed by atoms with Gasteiger partial charge in [-0.15, -0.1) is 0 Å². The van der Waals surface area contributed by atoms with Crippen molar-refractivity contribution in [1.82, 2.24) is 15.2 Å². The van der Waals surface area contributed by atoms with Gasteiger partial charge in [0.15, 0.2) is 0 Å². The summed E-state index contributed by atoms with van der Waals surface area (Å²) >= 11 is 0. The Balaban J connectivity index is 2.18. The Morgan fingerprint density at radius 2 is 2.27 bits per heavy atom. The molecule has 15 heavy (non-hydrogen) atoms. The van der Waals surface area contributed by atoms with Gasteiger partial charge in [0.25, 0.3) is 0 Å². The number of hydrogen-bond donors (Lipinski definition) is 1. The number of nitrogens with one attached hydrogen (secondary N) is 1. The van der Waals surface area contributed by atoms with Gasteiger partial charge in [-0.2, -0.15) is 0 Å². The molecule has 0 saturated carbocycles. The number of aromatic nitrogens is 1. The van der Waals surface area contributed by atoms with Crippen LogP contribution in [0, 0.1) is 0 Å². The minimum absolute atomic E-state index is 0.523. The van der Waals surface area contributed by atoms with Crippen LogP contribution in [0.2, 0.25) is 0 Å². The second-order valence-electron chi connectivity index (χ2n) is 4.38. The Hall–Kier alpha value is -0.930. The van der Waals surface area contributed by atoms with Gasteiger partial charge >= 0.3 is 0 Å². The molecule has 1 N–H and O–H groups in total. The van der Waals surface area contributed by atoms with E-state index in [1.807, 2.05) is 12.3 Å². The normalized spacial score (nSPS) is 26.9. The van der Waals surface area contributed by atoms with E-state index in [1.54, 1.807) is 0 Å². The molecule has 2 unspecified atom stereocenters. The highest BCUT2D eigenvalue weighted by Gasteiger charge is 2.28. The third kappa shape index (κ3) is 2.36. The fraction of sp³-hybridized carbons (Fsp3) is 0.583. The van der Waals surface area contributed by atoms with Crippen LogP contribution in [0.1, 0.15) is 18.0 Å². The van der Waals surface area contributed by atoms with Gasteiger partial charge in [-0.3, -0.25) is 4.98 Å². The summed E-state index contributed by atoms with van der Waals surface area (Å²) in [7, 11) is 4.32. The predicted octanol–water partition coefficient (Wildman–Crippen LogP) is 1.09. The van der Waals surface area contributed by atoms with Crippen LogP contribution in [-0.2, 0) is 0 Å². The fourth-order valence-electron chi connectivity index (χ4n) is 2.36. The Bertz CT molecular complexity index is 297. The first-order valence-corrected chi connectivity index (χ1v) is 5.57. The van der Waals surface area contributed by atoms with Gasteiger partial charge in [0.05, 0.1) is 0 Å². The standard InChI is InChI=1S/C12H19N3/c1-15(2)12-6-8-13-9-10(12)11-5-3-4-7-14-11/h3-5,7,10,12-13H,6,8-9H2,1-2H3. The van der Waals surface area contributed by atoms with Crippen molar-refractivity contribution in [2.45, 2.75) is 18.4 Å². The molecule has 1 fully saturated rings. The predicted molar refractivity (Wildman–Crippen MR) is 61.9 cm³/mol. The van der Waals surface area contributed by atoms with Crippen LogP contribution in [0.5, 0.6) is 0 Å². The smallest absolute Gasteiger partial charge is 0.0462 e. The van der Waals surface area contributed by atoms with Gasteiger partial charge in [0.2, 0.25) is 0 Å². The van der Waals surface area contributed by atoms with Crippen LogP contribution in [0.25, 0.3) is 0 Å². The molecule has 3 nitrogen and oxygen atoms in total. The number of hydrogen-bond acceptors (Lipinski definition) is 3. The SMILES string of the molecule is CN(C)C1CCNCC1c1ccccn1. The Labute approximate surface area is 91.5 Å². The zero-order valence-electron chi connectivity index (χ0n) is 9.48. The molecule has 0 aliphatic carbocycles. The van der Waals surface area contributed by atoms with Crippen LogP contribution in [-0.4, -0.2) is 43.1 Å². The molecule has 1 aliphatic heterocycles. The van der Waals surface area contributed by atoms with E-state index < -0.39 is 0 Å². The van der Waals surface area contributed by atoms with E-state index in [1.165, 1.54) is 12.1 Å². The summed E-state index contributed by atoms with van der Waals surface area (Å²) in [6, 6.07) is 6.79. The monoisotopic (exact) mass is 205 g/mol. The fourth-order valence-corrected chi connectivity index (χ4v) is 2.36. The minimum atomic E-state index is 0.523. The summed E-state index contributed by atoms with van der Waals surface area (Å²) < 4.78 is 0. The lowest BCUT2D eigenvalue weighted by molar-refractivity contribution is 0.207. The van der Waals surface area contributed by atoms with Crippen molar-refractivity contribution in [1.29, 1.82) is 0 Å². The van der Waals surface area contributed by atoms with Crippen molar-refractivity contribution < 1.29 is 0 Å². The Morgan fingerprint density at radius 3 is 2.93 bits per heavy atom. The van der Waals surface area contributed by atoms with Crippen molar-refractivity contribution in [3.8, 4) is 0 Å². The Morgan fingerprint density at radius 1 is 1.40 bits per heavy atom. The van der Waals surface area contributed by atoms with E-state index in [4.69, 9.17) is 0 Å². The number of likely N-dealkylation sites (N-methyl/N-ethyl adjacent to an activating group) is 1. The zero-order valence-corrected chi connectivity index (χ0v) is 9.48. The third-order valence-corrected chi connectivity index (χ3v) is 3.18. The van der Waals surface area contributed by atoms with Gasteiger partial charge in [-0.25, -0.2) is 0 Å². The summed E-state index contributed by atoms with van der Waals surface area (Å²) in [5.41, 5.74) is 1.21. The van der Waals surface area contributed by atoms with Gasteiger partial charge < -0.3 is 10.2 Å². The summed E-state index contributed by atoms with van der Waals surface area (Å²) in [6.07, 6.45) is 3.09. The lowest BCUT2D eigenvalue weighted by atomic mass is 9.89. The number of rotatable bonds is 2. The first-order chi connectivity index (χ1) is 7.29. The molecule has 1 aromatic rings. The molecule has 0 radical (unpaired) electrons. The third-order valence-electron chi connectivity index (χ3n) is 3.18. The number of piperidine rings is 1. The molecule has 3 heteroatoms. The minimum Gasteiger partial charge on any atom is -0.316 e. The maximum Gasteiger partial charge on any atom is 0.0462 e. The zero-order chi connectivity index (χ0) is 10.7. The molecule has 0 amide bonds. The van der Waals surface area contributed by atoms with E-state index in [2.05, 4.69) is 41.4 Å². The van der Waals surface area contributed by atoms with Crippen molar-refractivity contribution >= 4 is 0 Å². The van der Waals surface area contributed by atoms with E-state index in [-0.39, 0.29) is 0 Å². The van der Waals surface area contributed by atoms with Crippen molar-refractivity contribution in [2.75, 3.05) is 27.2 Å². The average molecular weight is 205 g/mol. The molecule has 1 aromatic heterocycles. The van der Waals surface area contributed by atoms with E-state index in [9.17, 15) is 0 Å². The molecule has 1 saturated heterocycles. The highest BCUT2D eigenvalue weighted by atomic mass is 15.1. The number of pyridine rings is 1. The molecule has 2 heterocycles. The summed E-state index contributed by atoms with van der Waals surface area (Å²) in [5.74, 6) is 0.523. The quantitative estimate of drug-likeness (QED) is 0.783. The maximum atomic E-state index is 4.47. The molecular formula is C12H19N3. The van der Waals surface area contributed by atoms with E-state index in [0.717, 1.165) is 13.1 Å². The van der Waals surface area contributed by atoms with E-state index in [0.29, 0.717) is 12.0 Å². The average Bonchev–Trinajstić information content (AvgIpc) is 2.30. The molecule has 1 aliphatic rings. The van der Waals surface area contributed by atoms with Crippen LogP contribution in [0.4, 0.5) is 0 Å². The summed E-state index contributed by atoms with van der Waals surface area (Å²) in [5, 5.41) is 3.45. The molecular weight excluding hydrogens is 186 g/mol. The van der Waals surface area contributed by atoms with Crippen molar-refractivity contribution in [2.24, 2.45) is 0 Å². The largest absolute Gasteiger partial charge is 0.316 e. The summed E-state index contributed by atoms with van der Waals surface area (Å²) in [4.78, 5) is 6.79. The first kappa shape index (κ1) is 10.6. The molecule has 0 bridgehead atoms. The van der Waals surface area contributed by atoms with E-state index >= 15 is 0 Å². The van der Waals surface area contributed by atoms with Crippen LogP contribution in [0.3, 0.4) is 0 Å². The number of nitrogens with zero attached hydrogens (tertiary/aromatic N) is 2. The van der Waals surface area contributed by atoms with Crippen molar-refractivity contribution in [3.05, 3.63) is 30.1 Å². The van der Waals surface area contributed by atoms with Gasteiger partial charge in [0.1, 0.15) is 0 Å². The highest BCUT2D eigenvalue weighted by molar-refractivity contribution is 5.14. The summed E-state index contributed by atoms with van der Waals surface area (Å²) in [6.45, 7) is 2.16. The van der Waals surface area contributed by atoms with Crippen LogP contribution in [0.15, 0.2) is 24.4 Å². The van der Waals surface area contributed by atoms with Gasteiger partial charge in [0, 0.05) is 30.4 Å². The van der Waals surface area contributed by atoms with Crippen LogP contribution < -0.4 is 5.32 Å². The second-order valence-corrected chi connectivity index (χ2v) is 4.38.